The predicted molar refractivity (Wildman–Crippen MR) is 47.5 cm³/mol. The van der Waals surface area contributed by atoms with Crippen LogP contribution >= 0.6 is 0 Å². The van der Waals surface area contributed by atoms with Gasteiger partial charge in [0, 0.05) is 14.2 Å². The normalized spacial score (nSPS) is 43.9. The third-order valence-electron chi connectivity index (χ3n) is 2.34. The van der Waals surface area contributed by atoms with E-state index in [2.05, 4.69) is 0 Å². The van der Waals surface area contributed by atoms with E-state index in [4.69, 9.17) is 19.9 Å². The lowest BCUT2D eigenvalue weighted by atomic mass is 9.98. The second-order valence-electron chi connectivity index (χ2n) is 3.29. The topological polar surface area (TPSA) is 94.2 Å². The van der Waals surface area contributed by atoms with Gasteiger partial charge in [-0.05, 0) is 0 Å². The van der Waals surface area contributed by atoms with Gasteiger partial charge in [0.2, 0.25) is 0 Å². The molecule has 1 heterocycles. The molecule has 0 aromatic rings. The Hall–Kier alpha value is -0.240. The van der Waals surface area contributed by atoms with Crippen molar-refractivity contribution in [1.29, 1.82) is 0 Å². The number of aliphatic hydroxyl groups excluding tert-OH is 2. The lowest BCUT2D eigenvalue weighted by Gasteiger charge is -2.40. The van der Waals surface area contributed by atoms with Gasteiger partial charge in [-0.3, -0.25) is 0 Å². The van der Waals surface area contributed by atoms with Gasteiger partial charge < -0.3 is 30.2 Å². The zero-order valence-corrected chi connectivity index (χ0v) is 8.29. The molecule has 4 N–H and O–H groups in total. The first-order valence-corrected chi connectivity index (χ1v) is 4.40. The van der Waals surface area contributed by atoms with Crippen LogP contribution in [0.1, 0.15) is 0 Å². The minimum atomic E-state index is -1.14. The molecule has 1 rings (SSSR count). The second kappa shape index (κ2) is 5.01. The highest BCUT2D eigenvalue weighted by Gasteiger charge is 2.42. The van der Waals surface area contributed by atoms with Crippen LogP contribution in [0.3, 0.4) is 0 Å². The number of hydrogen-bond acceptors (Lipinski definition) is 6. The Bertz CT molecular complexity index is 179. The molecule has 6 heteroatoms. The Morgan fingerprint density at radius 3 is 2.50 bits per heavy atom. The quantitative estimate of drug-likeness (QED) is 0.498. The molecule has 1 aliphatic heterocycles. The van der Waals surface area contributed by atoms with Crippen molar-refractivity contribution in [3.05, 3.63) is 0 Å². The lowest BCUT2D eigenvalue weighted by Crippen LogP contribution is -2.62. The zero-order valence-electron chi connectivity index (χ0n) is 8.29. The fourth-order valence-electron chi connectivity index (χ4n) is 1.55. The molecule has 1 fully saturated rings. The molecule has 84 valence electrons. The van der Waals surface area contributed by atoms with Gasteiger partial charge in [-0.15, -0.1) is 0 Å². The average Bonchev–Trinajstić information content (AvgIpc) is 2.16. The second-order valence-corrected chi connectivity index (χ2v) is 3.29. The van der Waals surface area contributed by atoms with Crippen LogP contribution in [0.25, 0.3) is 0 Å². The van der Waals surface area contributed by atoms with Gasteiger partial charge >= 0.3 is 0 Å². The van der Waals surface area contributed by atoms with Gasteiger partial charge in [0.05, 0.1) is 12.6 Å². The average molecular weight is 207 g/mol. The van der Waals surface area contributed by atoms with Crippen LogP contribution in [0.4, 0.5) is 0 Å². The minimum absolute atomic E-state index is 0.185. The van der Waals surface area contributed by atoms with Crippen LogP contribution < -0.4 is 5.73 Å². The van der Waals surface area contributed by atoms with Crippen LogP contribution in [-0.2, 0) is 14.2 Å². The highest BCUT2D eigenvalue weighted by Crippen LogP contribution is 2.20. The van der Waals surface area contributed by atoms with Gasteiger partial charge in [-0.2, -0.15) is 0 Å². The maximum Gasteiger partial charge on any atom is 0.173 e. The molecule has 1 aliphatic rings. The van der Waals surface area contributed by atoms with Crippen molar-refractivity contribution in [2.24, 2.45) is 5.73 Å². The standard InChI is InChI=1S/C8H17NO5/c1-12-3-4-6(10)7(13-2)5(9)8(11)14-4/h4-8,10-11H,3,9H2,1-2H3. The molecule has 0 aromatic carbocycles. The van der Waals surface area contributed by atoms with Crippen molar-refractivity contribution in [3.63, 3.8) is 0 Å². The lowest BCUT2D eigenvalue weighted by molar-refractivity contribution is -0.254. The highest BCUT2D eigenvalue weighted by atomic mass is 16.6. The number of nitrogens with two attached hydrogens (primary N) is 1. The first-order chi connectivity index (χ1) is 6.61. The molecule has 14 heavy (non-hydrogen) atoms. The zero-order chi connectivity index (χ0) is 10.7. The summed E-state index contributed by atoms with van der Waals surface area (Å²) in [4.78, 5) is 0. The summed E-state index contributed by atoms with van der Waals surface area (Å²) in [5.41, 5.74) is 5.58. The fourth-order valence-corrected chi connectivity index (χ4v) is 1.55. The number of hydrogen-bond donors (Lipinski definition) is 3. The molecule has 1 saturated heterocycles. The van der Waals surface area contributed by atoms with Gasteiger partial charge in [-0.1, -0.05) is 0 Å². The molecule has 0 saturated carbocycles. The van der Waals surface area contributed by atoms with Crippen LogP contribution in [0.2, 0.25) is 0 Å². The summed E-state index contributed by atoms with van der Waals surface area (Å²) in [7, 11) is 2.91. The summed E-state index contributed by atoms with van der Waals surface area (Å²) in [5.74, 6) is 0. The molecule has 0 bridgehead atoms. The molecule has 6 nitrogen and oxygen atoms in total. The summed E-state index contributed by atoms with van der Waals surface area (Å²) >= 11 is 0. The Balaban J connectivity index is 2.65. The molecule has 0 aliphatic carbocycles. The summed E-state index contributed by atoms with van der Waals surface area (Å²) < 4.78 is 14.9. The van der Waals surface area contributed by atoms with Gasteiger partial charge in [0.15, 0.2) is 6.29 Å². The van der Waals surface area contributed by atoms with Gasteiger partial charge in [0.25, 0.3) is 0 Å². The predicted octanol–water partition coefficient (Wildman–Crippen LogP) is -1.95. The molecule has 0 radical (unpaired) electrons. The van der Waals surface area contributed by atoms with E-state index < -0.39 is 30.6 Å². The number of ether oxygens (including phenoxy) is 3. The van der Waals surface area contributed by atoms with Crippen molar-refractivity contribution >= 4 is 0 Å². The molecule has 5 atom stereocenters. The Morgan fingerprint density at radius 2 is 2.00 bits per heavy atom. The van der Waals surface area contributed by atoms with E-state index in [9.17, 15) is 10.2 Å². The van der Waals surface area contributed by atoms with Gasteiger partial charge in [-0.25, -0.2) is 0 Å². The number of aliphatic hydroxyl groups is 2. The van der Waals surface area contributed by atoms with Crippen molar-refractivity contribution in [1.82, 2.24) is 0 Å². The van der Waals surface area contributed by atoms with Crippen molar-refractivity contribution < 1.29 is 24.4 Å². The van der Waals surface area contributed by atoms with Crippen molar-refractivity contribution in [2.45, 2.75) is 30.6 Å². The summed E-state index contributed by atoms with van der Waals surface area (Å²) in [6.45, 7) is 0.185. The molecule has 5 unspecified atom stereocenters. The highest BCUT2D eigenvalue weighted by molar-refractivity contribution is 4.91. The maximum atomic E-state index is 9.73. The molecule has 0 amide bonds. The van der Waals surface area contributed by atoms with E-state index in [-0.39, 0.29) is 6.61 Å². The summed E-state index contributed by atoms with van der Waals surface area (Å²) in [6, 6.07) is -0.747. The van der Waals surface area contributed by atoms with E-state index >= 15 is 0 Å². The van der Waals surface area contributed by atoms with Crippen LogP contribution in [0, 0.1) is 0 Å². The van der Waals surface area contributed by atoms with Crippen LogP contribution in [0.5, 0.6) is 0 Å². The third kappa shape index (κ3) is 2.22. The van der Waals surface area contributed by atoms with Crippen molar-refractivity contribution in [3.8, 4) is 0 Å². The van der Waals surface area contributed by atoms with E-state index in [1.807, 2.05) is 0 Å². The smallest absolute Gasteiger partial charge is 0.173 e. The van der Waals surface area contributed by atoms with Crippen LogP contribution in [-0.4, -0.2) is 61.7 Å². The van der Waals surface area contributed by atoms with E-state index in [1.165, 1.54) is 14.2 Å². The molecular weight excluding hydrogens is 190 g/mol. The number of rotatable bonds is 3. The first kappa shape index (κ1) is 11.8. The van der Waals surface area contributed by atoms with Crippen LogP contribution in [0.15, 0.2) is 0 Å². The van der Waals surface area contributed by atoms with E-state index in [1.54, 1.807) is 0 Å². The molecule has 0 aromatic heterocycles. The fraction of sp³-hybridized carbons (Fsp3) is 1.00. The number of methoxy groups -OCH3 is 2. The Labute approximate surface area is 82.6 Å². The van der Waals surface area contributed by atoms with Gasteiger partial charge in [0.1, 0.15) is 18.3 Å². The Morgan fingerprint density at radius 1 is 1.36 bits per heavy atom. The van der Waals surface area contributed by atoms with E-state index in [0.29, 0.717) is 0 Å². The third-order valence-corrected chi connectivity index (χ3v) is 2.34. The summed E-state index contributed by atoms with van der Waals surface area (Å²) in [6.07, 6.45) is -3.28. The van der Waals surface area contributed by atoms with Crippen molar-refractivity contribution in [2.75, 3.05) is 20.8 Å². The SMILES string of the molecule is COCC1OC(O)C(N)C(OC)C1O. The largest absolute Gasteiger partial charge is 0.388 e. The van der Waals surface area contributed by atoms with E-state index in [0.717, 1.165) is 0 Å². The minimum Gasteiger partial charge on any atom is -0.388 e. The maximum absolute atomic E-state index is 9.73. The monoisotopic (exact) mass is 207 g/mol. The summed E-state index contributed by atoms with van der Waals surface area (Å²) in [5, 5.41) is 19.1. The first-order valence-electron chi connectivity index (χ1n) is 4.40. The Kier molecular flexibility index (Phi) is 4.24. The molecular formula is C8H17NO5. The molecule has 0 spiro atoms.